The lowest BCUT2D eigenvalue weighted by Gasteiger charge is -2.20. The molecule has 1 aliphatic carbocycles. The number of fused-ring (bicyclic) bond motifs is 3. The van der Waals surface area contributed by atoms with Gasteiger partial charge in [-0.25, -0.2) is 0 Å². The van der Waals surface area contributed by atoms with Crippen LogP contribution in [0.1, 0.15) is 24.5 Å². The van der Waals surface area contributed by atoms with Crippen LogP contribution in [0.25, 0.3) is 0 Å². The molecule has 2 unspecified atom stereocenters. The van der Waals surface area contributed by atoms with Crippen molar-refractivity contribution in [1.82, 2.24) is 0 Å². The van der Waals surface area contributed by atoms with Crippen molar-refractivity contribution in [3.63, 3.8) is 0 Å². The van der Waals surface area contributed by atoms with Gasteiger partial charge >= 0.3 is 5.97 Å². The Hall–Kier alpha value is -1.35. The molecule has 3 nitrogen and oxygen atoms in total. The molecule has 78 valence electrons. The van der Waals surface area contributed by atoms with Gasteiger partial charge in [-0.15, -0.1) is 0 Å². The highest BCUT2D eigenvalue weighted by molar-refractivity contribution is 5.67. The minimum absolute atomic E-state index is 0.0660. The van der Waals surface area contributed by atoms with E-state index in [1.54, 1.807) is 0 Å². The normalized spacial score (nSPS) is 31.4. The Balaban J connectivity index is 2.04. The Labute approximate surface area is 88.0 Å². The lowest BCUT2D eigenvalue weighted by molar-refractivity contribution is -0.157. The molecule has 0 radical (unpaired) electrons. The van der Waals surface area contributed by atoms with Crippen LogP contribution in [0.3, 0.4) is 0 Å². The quantitative estimate of drug-likeness (QED) is 0.516. The van der Waals surface area contributed by atoms with Crippen LogP contribution in [0.5, 0.6) is 0 Å². The molecule has 1 aliphatic heterocycles. The first-order valence-electron chi connectivity index (χ1n) is 5.18. The fourth-order valence-electron chi connectivity index (χ4n) is 2.39. The lowest BCUT2D eigenvalue weighted by atomic mass is 9.89. The minimum Gasteiger partial charge on any atom is -0.426 e. The topological polar surface area (TPSA) is 38.8 Å². The zero-order valence-corrected chi connectivity index (χ0v) is 8.53. The SMILES string of the molecule is CC(=O)OC12OC1CCc1ccccc12. The van der Waals surface area contributed by atoms with Gasteiger partial charge in [0.25, 0.3) is 5.79 Å². The summed E-state index contributed by atoms with van der Waals surface area (Å²) < 4.78 is 10.9. The Bertz CT molecular complexity index is 427. The smallest absolute Gasteiger partial charge is 0.305 e. The molecule has 15 heavy (non-hydrogen) atoms. The van der Waals surface area contributed by atoms with Gasteiger partial charge in [0.2, 0.25) is 0 Å². The molecule has 0 N–H and O–H groups in total. The fraction of sp³-hybridized carbons (Fsp3) is 0.417. The summed E-state index contributed by atoms with van der Waals surface area (Å²) in [7, 11) is 0. The van der Waals surface area contributed by atoms with Crippen LogP contribution < -0.4 is 0 Å². The largest absolute Gasteiger partial charge is 0.426 e. The third-order valence-electron chi connectivity index (χ3n) is 3.05. The van der Waals surface area contributed by atoms with Crippen molar-refractivity contribution >= 4 is 5.97 Å². The third-order valence-corrected chi connectivity index (χ3v) is 3.05. The predicted octanol–water partition coefficient (Wildman–Crippen LogP) is 1.75. The Morgan fingerprint density at radius 2 is 2.33 bits per heavy atom. The molecular weight excluding hydrogens is 192 g/mol. The molecule has 0 amide bonds. The van der Waals surface area contributed by atoms with Gasteiger partial charge in [-0.3, -0.25) is 4.79 Å². The summed E-state index contributed by atoms with van der Waals surface area (Å²) in [4.78, 5) is 11.1. The van der Waals surface area contributed by atoms with Gasteiger partial charge in [-0.05, 0) is 18.4 Å². The summed E-state index contributed by atoms with van der Waals surface area (Å²) in [6.07, 6.45) is 2.00. The Morgan fingerprint density at radius 1 is 1.53 bits per heavy atom. The van der Waals surface area contributed by atoms with E-state index in [2.05, 4.69) is 6.07 Å². The summed E-state index contributed by atoms with van der Waals surface area (Å²) in [5, 5.41) is 0. The van der Waals surface area contributed by atoms with Crippen molar-refractivity contribution in [2.24, 2.45) is 0 Å². The second kappa shape index (κ2) is 2.83. The van der Waals surface area contributed by atoms with Crippen LogP contribution in [0, 0.1) is 0 Å². The molecular formula is C12H12O3. The zero-order chi connectivity index (χ0) is 10.5. The second-order valence-electron chi connectivity index (χ2n) is 4.06. The molecule has 3 heteroatoms. The van der Waals surface area contributed by atoms with Gasteiger partial charge in [0.1, 0.15) is 6.10 Å². The monoisotopic (exact) mass is 204 g/mol. The summed E-state index contributed by atoms with van der Waals surface area (Å²) >= 11 is 0. The first-order chi connectivity index (χ1) is 7.22. The number of carbonyl (C=O) groups is 1. The van der Waals surface area contributed by atoms with E-state index in [0.717, 1.165) is 18.4 Å². The maximum Gasteiger partial charge on any atom is 0.305 e. The second-order valence-corrected chi connectivity index (χ2v) is 4.06. The van der Waals surface area contributed by atoms with Crippen molar-refractivity contribution in [3.8, 4) is 0 Å². The maximum atomic E-state index is 11.1. The first kappa shape index (κ1) is 8.92. The van der Waals surface area contributed by atoms with E-state index in [1.807, 2.05) is 18.2 Å². The van der Waals surface area contributed by atoms with Crippen molar-refractivity contribution in [3.05, 3.63) is 35.4 Å². The van der Waals surface area contributed by atoms with Crippen molar-refractivity contribution < 1.29 is 14.3 Å². The van der Waals surface area contributed by atoms with Gasteiger partial charge in [0, 0.05) is 12.5 Å². The summed E-state index contributed by atoms with van der Waals surface area (Å²) in [6, 6.07) is 8.01. The Kier molecular flexibility index (Phi) is 1.68. The average Bonchev–Trinajstić information content (AvgIpc) is 2.91. The highest BCUT2D eigenvalue weighted by atomic mass is 16.8. The zero-order valence-electron chi connectivity index (χ0n) is 8.53. The number of carbonyl (C=O) groups excluding carboxylic acids is 1. The molecule has 0 spiro atoms. The van der Waals surface area contributed by atoms with Crippen LogP contribution in [-0.4, -0.2) is 12.1 Å². The van der Waals surface area contributed by atoms with Crippen molar-refractivity contribution in [2.75, 3.05) is 0 Å². The molecule has 2 aliphatic rings. The molecule has 0 bridgehead atoms. The molecule has 1 saturated heterocycles. The fourth-order valence-corrected chi connectivity index (χ4v) is 2.39. The van der Waals surface area contributed by atoms with E-state index >= 15 is 0 Å². The van der Waals surface area contributed by atoms with E-state index < -0.39 is 5.79 Å². The molecule has 1 fully saturated rings. The van der Waals surface area contributed by atoms with Crippen LogP contribution in [0.4, 0.5) is 0 Å². The number of rotatable bonds is 1. The predicted molar refractivity (Wildman–Crippen MR) is 53.1 cm³/mol. The molecule has 3 rings (SSSR count). The number of epoxide rings is 1. The molecule has 1 aromatic rings. The molecule has 2 atom stereocenters. The molecule has 1 heterocycles. The van der Waals surface area contributed by atoms with E-state index in [4.69, 9.17) is 9.47 Å². The van der Waals surface area contributed by atoms with Crippen LogP contribution >= 0.6 is 0 Å². The molecule has 0 aromatic heterocycles. The number of aryl methyl sites for hydroxylation is 1. The van der Waals surface area contributed by atoms with Gasteiger partial charge in [0.05, 0.1) is 0 Å². The van der Waals surface area contributed by atoms with Crippen molar-refractivity contribution in [1.29, 1.82) is 0 Å². The summed E-state index contributed by atoms with van der Waals surface area (Å²) in [5.41, 5.74) is 2.25. The number of hydrogen-bond donors (Lipinski definition) is 0. The third kappa shape index (κ3) is 1.20. The van der Waals surface area contributed by atoms with Gasteiger partial charge in [-0.2, -0.15) is 0 Å². The highest BCUT2D eigenvalue weighted by Gasteiger charge is 2.63. The molecule has 1 aromatic carbocycles. The maximum absolute atomic E-state index is 11.1. The van der Waals surface area contributed by atoms with E-state index in [-0.39, 0.29) is 12.1 Å². The lowest BCUT2D eigenvalue weighted by Crippen LogP contribution is -2.25. The number of benzene rings is 1. The first-order valence-corrected chi connectivity index (χ1v) is 5.18. The van der Waals surface area contributed by atoms with Gasteiger partial charge in [-0.1, -0.05) is 24.3 Å². The van der Waals surface area contributed by atoms with E-state index in [1.165, 1.54) is 12.5 Å². The van der Waals surface area contributed by atoms with E-state index in [9.17, 15) is 4.79 Å². The summed E-state index contributed by atoms with van der Waals surface area (Å²) in [5.74, 6) is -1.03. The van der Waals surface area contributed by atoms with Crippen LogP contribution in [-0.2, 0) is 26.5 Å². The van der Waals surface area contributed by atoms with E-state index in [0.29, 0.717) is 0 Å². The summed E-state index contributed by atoms with van der Waals surface area (Å²) in [6.45, 7) is 1.42. The molecule has 0 saturated carbocycles. The Morgan fingerprint density at radius 3 is 3.13 bits per heavy atom. The van der Waals surface area contributed by atoms with Crippen LogP contribution in [0.15, 0.2) is 24.3 Å². The van der Waals surface area contributed by atoms with Crippen LogP contribution in [0.2, 0.25) is 0 Å². The number of esters is 1. The van der Waals surface area contributed by atoms with Crippen molar-refractivity contribution in [2.45, 2.75) is 31.7 Å². The number of ether oxygens (including phenoxy) is 2. The van der Waals surface area contributed by atoms with Gasteiger partial charge in [0.15, 0.2) is 0 Å². The average molecular weight is 204 g/mol. The standard InChI is InChI=1S/C12H12O3/c1-8(13)14-12-10-5-3-2-4-9(10)6-7-11(12)15-12/h2-5,11H,6-7H2,1H3. The number of hydrogen-bond acceptors (Lipinski definition) is 3. The highest BCUT2D eigenvalue weighted by Crippen LogP contribution is 2.53. The van der Waals surface area contributed by atoms with Gasteiger partial charge < -0.3 is 9.47 Å². The minimum atomic E-state index is -0.749.